The molecule has 1 aromatic rings. The Morgan fingerprint density at radius 3 is 2.90 bits per heavy atom. The molecule has 0 unspecified atom stereocenters. The average molecular weight is 279 g/mol. The number of carbonyl (C=O) groups is 1. The zero-order valence-corrected chi connectivity index (χ0v) is 11.6. The Morgan fingerprint density at radius 1 is 1.50 bits per heavy atom. The van der Waals surface area contributed by atoms with E-state index in [2.05, 4.69) is 11.8 Å². The molecule has 5 heteroatoms. The van der Waals surface area contributed by atoms with Crippen LogP contribution in [0.4, 0.5) is 4.39 Å². The van der Waals surface area contributed by atoms with Gasteiger partial charge in [0.05, 0.1) is 12.2 Å². The summed E-state index contributed by atoms with van der Waals surface area (Å²) in [7, 11) is 1.65. The molecule has 108 valence electrons. The van der Waals surface area contributed by atoms with Crippen molar-refractivity contribution in [3.05, 3.63) is 35.1 Å². The summed E-state index contributed by atoms with van der Waals surface area (Å²) in [5.74, 6) is 4.28. The standard InChI is InChI=1S/C15H18FNO3/c1-3-20-10-8-17(2)15(19)14-7-6-13(16)11-12(14)5-4-9-18/h6-7,11,18H,3,8-10H2,1-2H3. The van der Waals surface area contributed by atoms with Gasteiger partial charge in [-0.3, -0.25) is 4.79 Å². The van der Waals surface area contributed by atoms with Crippen molar-refractivity contribution >= 4 is 5.91 Å². The van der Waals surface area contributed by atoms with Crippen LogP contribution in [0.5, 0.6) is 0 Å². The van der Waals surface area contributed by atoms with E-state index in [0.717, 1.165) is 0 Å². The first-order chi connectivity index (χ1) is 9.60. The SMILES string of the molecule is CCOCCN(C)C(=O)c1ccc(F)cc1C#CCO. The van der Waals surface area contributed by atoms with Gasteiger partial charge < -0.3 is 14.7 Å². The smallest absolute Gasteiger partial charge is 0.254 e. The fourth-order valence-electron chi connectivity index (χ4n) is 1.59. The molecule has 0 saturated heterocycles. The Morgan fingerprint density at radius 2 is 2.25 bits per heavy atom. The summed E-state index contributed by atoms with van der Waals surface area (Å²) in [4.78, 5) is 13.7. The van der Waals surface area contributed by atoms with E-state index < -0.39 is 5.82 Å². The Labute approximate surface area is 118 Å². The van der Waals surface area contributed by atoms with E-state index >= 15 is 0 Å². The van der Waals surface area contributed by atoms with Crippen molar-refractivity contribution < 1.29 is 19.0 Å². The monoisotopic (exact) mass is 279 g/mol. The summed E-state index contributed by atoms with van der Waals surface area (Å²) < 4.78 is 18.4. The molecule has 1 rings (SSSR count). The highest BCUT2D eigenvalue weighted by atomic mass is 19.1. The molecule has 0 aliphatic carbocycles. The van der Waals surface area contributed by atoms with E-state index in [-0.39, 0.29) is 18.1 Å². The lowest BCUT2D eigenvalue weighted by molar-refractivity contribution is 0.0709. The summed E-state index contributed by atoms with van der Waals surface area (Å²) in [6.45, 7) is 3.01. The van der Waals surface area contributed by atoms with Gasteiger partial charge in [-0.2, -0.15) is 0 Å². The van der Waals surface area contributed by atoms with Gasteiger partial charge in [0.1, 0.15) is 12.4 Å². The summed E-state index contributed by atoms with van der Waals surface area (Å²) in [5, 5.41) is 8.70. The number of halogens is 1. The Bertz CT molecular complexity index is 520. The minimum Gasteiger partial charge on any atom is -0.384 e. The second kappa shape index (κ2) is 8.31. The second-order valence-corrected chi connectivity index (χ2v) is 4.07. The highest BCUT2D eigenvalue weighted by Crippen LogP contribution is 2.12. The van der Waals surface area contributed by atoms with Crippen LogP contribution in [0.1, 0.15) is 22.8 Å². The molecular formula is C15H18FNO3. The lowest BCUT2D eigenvalue weighted by Crippen LogP contribution is -2.30. The molecule has 0 fully saturated rings. The van der Waals surface area contributed by atoms with E-state index in [0.29, 0.717) is 25.3 Å². The first-order valence-electron chi connectivity index (χ1n) is 6.32. The first-order valence-corrected chi connectivity index (χ1v) is 6.32. The molecule has 1 amide bonds. The number of nitrogens with zero attached hydrogens (tertiary/aromatic N) is 1. The minimum atomic E-state index is -0.472. The quantitative estimate of drug-likeness (QED) is 0.652. The van der Waals surface area contributed by atoms with Gasteiger partial charge in [0.25, 0.3) is 5.91 Å². The molecule has 0 aliphatic heterocycles. The van der Waals surface area contributed by atoms with Crippen LogP contribution in [0.3, 0.4) is 0 Å². The molecule has 0 radical (unpaired) electrons. The Kier molecular flexibility index (Phi) is 6.71. The fourth-order valence-corrected chi connectivity index (χ4v) is 1.59. The maximum atomic E-state index is 13.2. The van der Waals surface area contributed by atoms with E-state index in [9.17, 15) is 9.18 Å². The number of aliphatic hydroxyl groups is 1. The average Bonchev–Trinajstić information content (AvgIpc) is 2.44. The lowest BCUT2D eigenvalue weighted by Gasteiger charge is -2.17. The summed E-state index contributed by atoms with van der Waals surface area (Å²) in [6.07, 6.45) is 0. The number of hydrogen-bond donors (Lipinski definition) is 1. The molecule has 4 nitrogen and oxygen atoms in total. The van der Waals surface area contributed by atoms with Crippen molar-refractivity contribution in [2.24, 2.45) is 0 Å². The molecular weight excluding hydrogens is 261 g/mol. The molecule has 0 aromatic heterocycles. The van der Waals surface area contributed by atoms with Crippen molar-refractivity contribution in [3.8, 4) is 11.8 Å². The predicted molar refractivity (Wildman–Crippen MR) is 73.8 cm³/mol. The predicted octanol–water partition coefficient (Wildman–Crippen LogP) is 1.28. The van der Waals surface area contributed by atoms with Crippen LogP contribution >= 0.6 is 0 Å². The summed E-state index contributed by atoms with van der Waals surface area (Å²) in [5.41, 5.74) is 0.582. The molecule has 0 bridgehead atoms. The van der Waals surface area contributed by atoms with Gasteiger partial charge in [0, 0.05) is 25.8 Å². The lowest BCUT2D eigenvalue weighted by atomic mass is 10.1. The van der Waals surface area contributed by atoms with E-state index in [4.69, 9.17) is 9.84 Å². The number of carbonyl (C=O) groups excluding carboxylic acids is 1. The zero-order valence-electron chi connectivity index (χ0n) is 11.6. The molecule has 1 N–H and O–H groups in total. The van der Waals surface area contributed by atoms with Gasteiger partial charge in [-0.05, 0) is 25.1 Å². The van der Waals surface area contributed by atoms with Crippen LogP contribution in [0, 0.1) is 17.7 Å². The molecule has 20 heavy (non-hydrogen) atoms. The maximum Gasteiger partial charge on any atom is 0.254 e. The van der Waals surface area contributed by atoms with Crippen LogP contribution in [-0.2, 0) is 4.74 Å². The number of hydrogen-bond acceptors (Lipinski definition) is 3. The first kappa shape index (κ1) is 16.2. The number of amides is 1. The van der Waals surface area contributed by atoms with Crippen LogP contribution < -0.4 is 0 Å². The summed E-state index contributed by atoms with van der Waals surface area (Å²) >= 11 is 0. The molecule has 0 heterocycles. The highest BCUT2D eigenvalue weighted by Gasteiger charge is 2.15. The van der Waals surface area contributed by atoms with Crippen molar-refractivity contribution in [1.82, 2.24) is 4.90 Å². The third kappa shape index (κ3) is 4.65. The Hall–Kier alpha value is -1.90. The molecule has 0 spiro atoms. The fraction of sp³-hybridized carbons (Fsp3) is 0.400. The number of ether oxygens (including phenoxy) is 1. The van der Waals surface area contributed by atoms with Crippen molar-refractivity contribution in [2.45, 2.75) is 6.92 Å². The van der Waals surface area contributed by atoms with Gasteiger partial charge in [0.15, 0.2) is 0 Å². The number of rotatable bonds is 5. The van der Waals surface area contributed by atoms with Gasteiger partial charge in [-0.1, -0.05) is 11.8 Å². The third-order valence-electron chi connectivity index (χ3n) is 2.64. The van der Waals surface area contributed by atoms with E-state index in [1.165, 1.54) is 23.1 Å². The third-order valence-corrected chi connectivity index (χ3v) is 2.64. The Balaban J connectivity index is 2.91. The van der Waals surface area contributed by atoms with Crippen LogP contribution in [0.2, 0.25) is 0 Å². The van der Waals surface area contributed by atoms with Crippen LogP contribution in [0.25, 0.3) is 0 Å². The molecule has 0 atom stereocenters. The normalized spacial score (nSPS) is 9.80. The minimum absolute atomic E-state index is 0.257. The van der Waals surface area contributed by atoms with E-state index in [1.54, 1.807) is 7.05 Å². The van der Waals surface area contributed by atoms with Gasteiger partial charge in [-0.15, -0.1) is 0 Å². The van der Waals surface area contributed by atoms with Gasteiger partial charge in [-0.25, -0.2) is 4.39 Å². The molecule has 1 aromatic carbocycles. The van der Waals surface area contributed by atoms with Crippen molar-refractivity contribution in [3.63, 3.8) is 0 Å². The number of likely N-dealkylation sites (N-methyl/N-ethyl adjacent to an activating group) is 1. The van der Waals surface area contributed by atoms with Crippen LogP contribution in [0.15, 0.2) is 18.2 Å². The maximum absolute atomic E-state index is 13.2. The zero-order chi connectivity index (χ0) is 15.0. The van der Waals surface area contributed by atoms with Crippen molar-refractivity contribution in [2.75, 3.05) is 33.4 Å². The molecule has 0 saturated carbocycles. The highest BCUT2D eigenvalue weighted by molar-refractivity contribution is 5.96. The van der Waals surface area contributed by atoms with Gasteiger partial charge >= 0.3 is 0 Å². The molecule has 0 aliphatic rings. The number of aliphatic hydroxyl groups excluding tert-OH is 1. The topological polar surface area (TPSA) is 49.8 Å². The largest absolute Gasteiger partial charge is 0.384 e. The second-order valence-electron chi connectivity index (χ2n) is 4.07. The summed E-state index contributed by atoms with van der Waals surface area (Å²) in [6, 6.07) is 3.80. The van der Waals surface area contributed by atoms with Gasteiger partial charge in [0.2, 0.25) is 0 Å². The van der Waals surface area contributed by atoms with Crippen molar-refractivity contribution in [1.29, 1.82) is 0 Å². The van der Waals surface area contributed by atoms with E-state index in [1.807, 2.05) is 6.92 Å². The number of benzene rings is 1. The van der Waals surface area contributed by atoms with Crippen LogP contribution in [-0.4, -0.2) is 49.3 Å².